The van der Waals surface area contributed by atoms with Gasteiger partial charge in [0.2, 0.25) is 10.0 Å². The molecule has 2 N–H and O–H groups in total. The van der Waals surface area contributed by atoms with Crippen LogP contribution in [0.4, 0.5) is 5.69 Å². The highest BCUT2D eigenvalue weighted by molar-refractivity contribution is 7.98. The van der Waals surface area contributed by atoms with E-state index < -0.39 is 10.0 Å². The first kappa shape index (κ1) is 21.9. The Kier molecular flexibility index (Phi) is 6.84. The number of hydrogen-bond donors (Lipinski definition) is 2. The van der Waals surface area contributed by atoms with Crippen LogP contribution in [0.25, 0.3) is 0 Å². The molecule has 0 spiro atoms. The van der Waals surface area contributed by atoms with Crippen LogP contribution in [0.3, 0.4) is 0 Å². The summed E-state index contributed by atoms with van der Waals surface area (Å²) in [5.41, 5.74) is 3.55. The fraction of sp³-hybridized carbons (Fsp3) is 0.238. The molecule has 1 amide bonds. The van der Waals surface area contributed by atoms with E-state index in [0.717, 1.165) is 28.2 Å². The molecule has 0 saturated heterocycles. The van der Waals surface area contributed by atoms with Crippen molar-refractivity contribution in [1.82, 2.24) is 10.5 Å². The summed E-state index contributed by atoms with van der Waals surface area (Å²) in [7, 11) is -3.41. The van der Waals surface area contributed by atoms with Gasteiger partial charge < -0.3 is 9.84 Å². The Morgan fingerprint density at radius 1 is 1.10 bits per heavy atom. The molecule has 0 atom stereocenters. The highest BCUT2D eigenvalue weighted by Crippen LogP contribution is 2.29. The van der Waals surface area contributed by atoms with Crippen molar-refractivity contribution in [3.8, 4) is 0 Å². The Morgan fingerprint density at radius 2 is 1.80 bits per heavy atom. The normalized spacial score (nSPS) is 11.3. The van der Waals surface area contributed by atoms with E-state index in [4.69, 9.17) is 4.52 Å². The Morgan fingerprint density at radius 3 is 2.50 bits per heavy atom. The van der Waals surface area contributed by atoms with Crippen LogP contribution >= 0.6 is 11.8 Å². The first-order valence-electron chi connectivity index (χ1n) is 9.22. The molecule has 1 aromatic heterocycles. The van der Waals surface area contributed by atoms with E-state index in [1.165, 1.54) is 0 Å². The van der Waals surface area contributed by atoms with Crippen molar-refractivity contribution in [3.63, 3.8) is 0 Å². The zero-order valence-electron chi connectivity index (χ0n) is 16.9. The van der Waals surface area contributed by atoms with Crippen molar-refractivity contribution in [2.24, 2.45) is 0 Å². The summed E-state index contributed by atoms with van der Waals surface area (Å²) < 4.78 is 30.8. The predicted molar refractivity (Wildman–Crippen MR) is 118 cm³/mol. The number of carbonyl (C=O) groups excluding carboxylic acids is 1. The molecule has 0 aliphatic heterocycles. The smallest absolute Gasteiger partial charge is 0.252 e. The summed E-state index contributed by atoms with van der Waals surface area (Å²) in [5.74, 6) is 1.19. The summed E-state index contributed by atoms with van der Waals surface area (Å²) >= 11 is 1.54. The number of benzene rings is 2. The molecule has 3 rings (SSSR count). The summed E-state index contributed by atoms with van der Waals surface area (Å²) in [5, 5.41) is 6.85. The third-order valence-corrected chi connectivity index (χ3v) is 6.13. The number of nitrogens with zero attached hydrogens (tertiary/aromatic N) is 1. The molecule has 30 heavy (non-hydrogen) atoms. The lowest BCUT2D eigenvalue weighted by atomic mass is 10.1. The van der Waals surface area contributed by atoms with Crippen LogP contribution in [0.5, 0.6) is 0 Å². The molecule has 1 heterocycles. The first-order valence-corrected chi connectivity index (χ1v) is 12.1. The van der Waals surface area contributed by atoms with E-state index in [2.05, 4.69) is 15.2 Å². The van der Waals surface area contributed by atoms with Crippen molar-refractivity contribution in [2.45, 2.75) is 31.0 Å². The van der Waals surface area contributed by atoms with Gasteiger partial charge >= 0.3 is 0 Å². The highest BCUT2D eigenvalue weighted by atomic mass is 32.2. The van der Waals surface area contributed by atoms with E-state index in [9.17, 15) is 13.2 Å². The van der Waals surface area contributed by atoms with Gasteiger partial charge in [0.25, 0.3) is 5.91 Å². The van der Waals surface area contributed by atoms with Gasteiger partial charge in [-0.1, -0.05) is 35.5 Å². The van der Waals surface area contributed by atoms with E-state index in [1.54, 1.807) is 42.1 Å². The molecular weight excluding hydrogens is 422 g/mol. The van der Waals surface area contributed by atoms with Crippen LogP contribution < -0.4 is 10.0 Å². The zero-order valence-corrected chi connectivity index (χ0v) is 18.6. The topological polar surface area (TPSA) is 101 Å². The van der Waals surface area contributed by atoms with E-state index >= 15 is 0 Å². The summed E-state index contributed by atoms with van der Waals surface area (Å²) in [6, 6.07) is 14.3. The summed E-state index contributed by atoms with van der Waals surface area (Å²) in [6.07, 6.45) is 1.09. The summed E-state index contributed by atoms with van der Waals surface area (Å²) in [6.45, 7) is 3.96. The maximum atomic E-state index is 12.8. The maximum absolute atomic E-state index is 12.8. The highest BCUT2D eigenvalue weighted by Gasteiger charge is 2.15. The number of anilines is 1. The van der Waals surface area contributed by atoms with Gasteiger partial charge in [0.15, 0.2) is 0 Å². The minimum Gasteiger partial charge on any atom is -0.361 e. The fourth-order valence-electron chi connectivity index (χ4n) is 2.88. The van der Waals surface area contributed by atoms with Gasteiger partial charge in [-0.15, -0.1) is 11.8 Å². The lowest BCUT2D eigenvalue weighted by Crippen LogP contribution is -2.24. The second kappa shape index (κ2) is 9.36. The van der Waals surface area contributed by atoms with Crippen LogP contribution in [-0.4, -0.2) is 25.7 Å². The SMILES string of the molecule is Cc1noc(C)c1CSc1ccccc1C(=O)NCc1ccccc1NS(C)(=O)=O. The Labute approximate surface area is 180 Å². The monoisotopic (exact) mass is 445 g/mol. The first-order chi connectivity index (χ1) is 14.2. The lowest BCUT2D eigenvalue weighted by molar-refractivity contribution is 0.0948. The molecular formula is C21H23N3O4S2. The largest absolute Gasteiger partial charge is 0.361 e. The molecule has 9 heteroatoms. The van der Waals surface area contributed by atoms with Gasteiger partial charge in [-0.05, 0) is 37.6 Å². The predicted octanol–water partition coefficient (Wildman–Crippen LogP) is 3.89. The van der Waals surface area contributed by atoms with Gasteiger partial charge in [0, 0.05) is 22.8 Å². The van der Waals surface area contributed by atoms with Gasteiger partial charge in [-0.3, -0.25) is 9.52 Å². The summed E-state index contributed by atoms with van der Waals surface area (Å²) in [4.78, 5) is 13.7. The average molecular weight is 446 g/mol. The third kappa shape index (κ3) is 5.64. The van der Waals surface area contributed by atoms with Crippen molar-refractivity contribution in [3.05, 3.63) is 76.7 Å². The number of hydrogen-bond acceptors (Lipinski definition) is 6. The van der Waals surface area contributed by atoms with Gasteiger partial charge in [0.05, 0.1) is 23.2 Å². The lowest BCUT2D eigenvalue weighted by Gasteiger charge is -2.13. The minimum atomic E-state index is -3.41. The number of thioether (sulfide) groups is 1. The van der Waals surface area contributed by atoms with Crippen molar-refractivity contribution >= 4 is 33.4 Å². The average Bonchev–Trinajstić information content (AvgIpc) is 3.02. The second-order valence-corrected chi connectivity index (χ2v) is 9.57. The molecule has 0 bridgehead atoms. The Bertz CT molecular complexity index is 1140. The van der Waals surface area contributed by atoms with Gasteiger partial charge in [-0.25, -0.2) is 8.42 Å². The van der Waals surface area contributed by atoms with E-state index in [1.807, 2.05) is 32.0 Å². The molecule has 0 aliphatic rings. The van der Waals surface area contributed by atoms with Gasteiger partial charge in [0.1, 0.15) is 5.76 Å². The number of aromatic nitrogens is 1. The molecule has 7 nitrogen and oxygen atoms in total. The number of amides is 1. The molecule has 3 aromatic rings. The Hall–Kier alpha value is -2.78. The molecule has 0 aliphatic carbocycles. The van der Waals surface area contributed by atoms with Crippen molar-refractivity contribution in [1.29, 1.82) is 0 Å². The molecule has 2 aromatic carbocycles. The van der Waals surface area contributed by atoms with E-state index in [-0.39, 0.29) is 12.5 Å². The molecule has 0 radical (unpaired) electrons. The minimum absolute atomic E-state index is 0.195. The second-order valence-electron chi connectivity index (χ2n) is 6.80. The van der Waals surface area contributed by atoms with Crippen LogP contribution in [-0.2, 0) is 22.3 Å². The number of carbonyl (C=O) groups is 1. The number of nitrogens with one attached hydrogen (secondary N) is 2. The number of sulfonamides is 1. The van der Waals surface area contributed by atoms with Crippen molar-refractivity contribution < 1.29 is 17.7 Å². The number of rotatable bonds is 8. The zero-order chi connectivity index (χ0) is 21.7. The number of aryl methyl sites for hydroxylation is 2. The van der Waals surface area contributed by atoms with Crippen LogP contribution in [0.2, 0.25) is 0 Å². The molecule has 0 unspecified atom stereocenters. The van der Waals surface area contributed by atoms with Crippen molar-refractivity contribution in [2.75, 3.05) is 11.0 Å². The quantitative estimate of drug-likeness (QED) is 0.510. The Balaban J connectivity index is 1.71. The molecule has 0 fully saturated rings. The van der Waals surface area contributed by atoms with Crippen LogP contribution in [0.15, 0.2) is 57.9 Å². The molecule has 158 valence electrons. The molecule has 0 saturated carbocycles. The van der Waals surface area contributed by atoms with Crippen LogP contribution in [0.1, 0.15) is 32.9 Å². The number of para-hydroxylation sites is 1. The fourth-order valence-corrected chi connectivity index (χ4v) is 4.68. The standard InChI is InChI=1S/C21H23N3O4S2/c1-14-18(15(2)28-23-14)13-29-20-11-7-5-9-17(20)21(25)22-12-16-8-4-6-10-19(16)24-30(3,26)27/h4-11,24H,12-13H2,1-3H3,(H,22,25). The maximum Gasteiger partial charge on any atom is 0.252 e. The van der Waals surface area contributed by atoms with Crippen LogP contribution in [0, 0.1) is 13.8 Å². The van der Waals surface area contributed by atoms with E-state index in [0.29, 0.717) is 22.6 Å². The van der Waals surface area contributed by atoms with Gasteiger partial charge in [-0.2, -0.15) is 0 Å². The third-order valence-electron chi connectivity index (χ3n) is 4.44.